The van der Waals surface area contributed by atoms with Gasteiger partial charge >= 0.3 is 0 Å². The first-order valence-electron chi connectivity index (χ1n) is 8.11. The predicted molar refractivity (Wildman–Crippen MR) is 86.9 cm³/mol. The quantitative estimate of drug-likeness (QED) is 0.895. The minimum absolute atomic E-state index is 0.117. The van der Waals surface area contributed by atoms with Gasteiger partial charge in [-0.15, -0.1) is 0 Å². The highest BCUT2D eigenvalue weighted by Crippen LogP contribution is 2.25. The van der Waals surface area contributed by atoms with Crippen molar-refractivity contribution in [1.82, 2.24) is 5.32 Å². The van der Waals surface area contributed by atoms with Gasteiger partial charge in [-0.2, -0.15) is 0 Å². The third kappa shape index (κ3) is 3.56. The van der Waals surface area contributed by atoms with E-state index in [0.717, 1.165) is 37.3 Å². The van der Waals surface area contributed by atoms with Crippen molar-refractivity contribution in [2.45, 2.75) is 45.1 Å². The number of nitrogens with zero attached hydrogens (tertiary/aromatic N) is 1. The van der Waals surface area contributed by atoms with Crippen LogP contribution in [-0.4, -0.2) is 31.6 Å². The molecule has 1 amide bonds. The van der Waals surface area contributed by atoms with Crippen LogP contribution in [0, 0.1) is 6.92 Å². The summed E-state index contributed by atoms with van der Waals surface area (Å²) in [7, 11) is 0. The van der Waals surface area contributed by atoms with E-state index < -0.39 is 0 Å². The van der Waals surface area contributed by atoms with Gasteiger partial charge in [-0.1, -0.05) is 0 Å². The molecule has 0 bridgehead atoms. The van der Waals surface area contributed by atoms with Crippen LogP contribution in [0.25, 0.3) is 0 Å². The molecule has 2 heterocycles. The molecular weight excluding hydrogens is 262 g/mol. The number of rotatable bonds is 4. The zero-order valence-corrected chi connectivity index (χ0v) is 12.8. The molecule has 1 aromatic rings. The Morgan fingerprint density at radius 1 is 1.33 bits per heavy atom. The molecule has 1 atom stereocenters. The van der Waals surface area contributed by atoms with Gasteiger partial charge in [0.15, 0.2) is 0 Å². The Bertz CT molecular complexity index is 503. The van der Waals surface area contributed by atoms with Gasteiger partial charge in [0.25, 0.3) is 0 Å². The summed E-state index contributed by atoms with van der Waals surface area (Å²) < 4.78 is 0. The molecule has 0 spiro atoms. The minimum atomic E-state index is 0.117. The lowest BCUT2D eigenvalue weighted by molar-refractivity contribution is -0.116. The summed E-state index contributed by atoms with van der Waals surface area (Å²) in [4.78, 5) is 14.5. The highest BCUT2D eigenvalue weighted by atomic mass is 16.1. The molecule has 2 aliphatic rings. The number of nitrogens with one attached hydrogen (secondary N) is 2. The van der Waals surface area contributed by atoms with Crippen molar-refractivity contribution in [2.75, 3.05) is 29.9 Å². The van der Waals surface area contributed by atoms with Gasteiger partial charge in [0.05, 0.1) is 0 Å². The fourth-order valence-electron chi connectivity index (χ4n) is 3.32. The zero-order chi connectivity index (χ0) is 14.7. The molecule has 3 rings (SSSR count). The molecule has 0 radical (unpaired) electrons. The minimum Gasteiger partial charge on any atom is -0.372 e. The highest BCUT2D eigenvalue weighted by molar-refractivity contribution is 5.92. The summed E-state index contributed by atoms with van der Waals surface area (Å²) in [5.41, 5.74) is 3.37. The Morgan fingerprint density at radius 2 is 2.14 bits per heavy atom. The molecular formula is C17H25N3O. The number of hydrogen-bond donors (Lipinski definition) is 2. The third-order valence-electron chi connectivity index (χ3n) is 4.55. The predicted octanol–water partition coefficient (Wildman–Crippen LogP) is 2.68. The van der Waals surface area contributed by atoms with E-state index in [0.29, 0.717) is 12.5 Å². The van der Waals surface area contributed by atoms with Crippen LogP contribution in [-0.2, 0) is 4.79 Å². The molecule has 1 aromatic carbocycles. The fourth-order valence-corrected chi connectivity index (χ4v) is 3.32. The van der Waals surface area contributed by atoms with Crippen molar-refractivity contribution in [3.63, 3.8) is 0 Å². The Kier molecular flexibility index (Phi) is 4.44. The van der Waals surface area contributed by atoms with E-state index in [4.69, 9.17) is 0 Å². The Hall–Kier alpha value is -1.55. The molecule has 0 aliphatic carbocycles. The highest BCUT2D eigenvalue weighted by Gasteiger charge is 2.18. The summed E-state index contributed by atoms with van der Waals surface area (Å²) in [5.74, 6) is 0.117. The SMILES string of the molecule is Cc1cc(N2CCCC2)ccc1NC(=O)CC1CCCN1. The number of carbonyl (C=O) groups excluding carboxylic acids is 1. The normalized spacial score (nSPS) is 21.8. The summed E-state index contributed by atoms with van der Waals surface area (Å²) in [6.07, 6.45) is 5.44. The Balaban J connectivity index is 1.60. The summed E-state index contributed by atoms with van der Waals surface area (Å²) >= 11 is 0. The van der Waals surface area contributed by atoms with E-state index in [-0.39, 0.29) is 5.91 Å². The van der Waals surface area contributed by atoms with Crippen molar-refractivity contribution in [3.8, 4) is 0 Å². The molecule has 0 aromatic heterocycles. The topological polar surface area (TPSA) is 44.4 Å². The van der Waals surface area contributed by atoms with Gasteiger partial charge in [-0.3, -0.25) is 4.79 Å². The second kappa shape index (κ2) is 6.48. The van der Waals surface area contributed by atoms with Crippen molar-refractivity contribution < 1.29 is 4.79 Å². The Labute approximate surface area is 126 Å². The molecule has 21 heavy (non-hydrogen) atoms. The van der Waals surface area contributed by atoms with Crippen molar-refractivity contribution >= 4 is 17.3 Å². The summed E-state index contributed by atoms with van der Waals surface area (Å²) in [5, 5.41) is 6.42. The first kappa shape index (κ1) is 14.4. The van der Waals surface area contributed by atoms with Crippen LogP contribution in [0.3, 0.4) is 0 Å². The van der Waals surface area contributed by atoms with E-state index in [1.807, 2.05) is 6.07 Å². The van der Waals surface area contributed by atoms with E-state index in [1.54, 1.807) is 0 Å². The van der Waals surface area contributed by atoms with E-state index in [1.165, 1.54) is 24.9 Å². The average molecular weight is 287 g/mol. The van der Waals surface area contributed by atoms with Crippen molar-refractivity contribution in [1.29, 1.82) is 0 Å². The number of amides is 1. The largest absolute Gasteiger partial charge is 0.372 e. The maximum Gasteiger partial charge on any atom is 0.225 e. The maximum atomic E-state index is 12.1. The summed E-state index contributed by atoms with van der Waals surface area (Å²) in [6, 6.07) is 6.72. The van der Waals surface area contributed by atoms with Crippen LogP contribution >= 0.6 is 0 Å². The Morgan fingerprint density at radius 3 is 2.81 bits per heavy atom. The van der Waals surface area contributed by atoms with Gasteiger partial charge in [0, 0.05) is 36.9 Å². The maximum absolute atomic E-state index is 12.1. The smallest absolute Gasteiger partial charge is 0.225 e. The fraction of sp³-hybridized carbons (Fsp3) is 0.588. The number of benzene rings is 1. The van der Waals surface area contributed by atoms with Gasteiger partial charge in [-0.05, 0) is 62.9 Å². The molecule has 4 heteroatoms. The zero-order valence-electron chi connectivity index (χ0n) is 12.8. The third-order valence-corrected chi connectivity index (χ3v) is 4.55. The molecule has 4 nitrogen and oxygen atoms in total. The van der Waals surface area contributed by atoms with Gasteiger partial charge in [0.1, 0.15) is 0 Å². The number of aryl methyl sites for hydroxylation is 1. The molecule has 2 saturated heterocycles. The van der Waals surface area contributed by atoms with Crippen molar-refractivity contribution in [3.05, 3.63) is 23.8 Å². The van der Waals surface area contributed by atoms with E-state index >= 15 is 0 Å². The monoisotopic (exact) mass is 287 g/mol. The molecule has 114 valence electrons. The lowest BCUT2D eigenvalue weighted by Crippen LogP contribution is -2.27. The molecule has 2 N–H and O–H groups in total. The molecule has 2 aliphatic heterocycles. The summed E-state index contributed by atoms with van der Waals surface area (Å²) in [6.45, 7) is 5.42. The second-order valence-electron chi connectivity index (χ2n) is 6.24. The lowest BCUT2D eigenvalue weighted by atomic mass is 10.1. The van der Waals surface area contributed by atoms with Crippen LogP contribution in [0.2, 0.25) is 0 Å². The van der Waals surface area contributed by atoms with Gasteiger partial charge in [0.2, 0.25) is 5.91 Å². The van der Waals surface area contributed by atoms with Crippen LogP contribution in [0.15, 0.2) is 18.2 Å². The van der Waals surface area contributed by atoms with Crippen LogP contribution in [0.4, 0.5) is 11.4 Å². The number of anilines is 2. The van der Waals surface area contributed by atoms with E-state index in [2.05, 4.69) is 34.6 Å². The van der Waals surface area contributed by atoms with Crippen LogP contribution < -0.4 is 15.5 Å². The number of carbonyl (C=O) groups is 1. The standard InChI is InChI=1S/C17H25N3O/c1-13-11-15(20-9-2-3-10-20)6-7-16(13)19-17(21)12-14-5-4-8-18-14/h6-7,11,14,18H,2-5,8-10,12H2,1H3,(H,19,21). The van der Waals surface area contributed by atoms with Crippen LogP contribution in [0.1, 0.15) is 37.7 Å². The lowest BCUT2D eigenvalue weighted by Gasteiger charge is -2.19. The second-order valence-corrected chi connectivity index (χ2v) is 6.24. The first-order valence-corrected chi connectivity index (χ1v) is 8.11. The first-order chi connectivity index (χ1) is 10.2. The van der Waals surface area contributed by atoms with Crippen LogP contribution in [0.5, 0.6) is 0 Å². The van der Waals surface area contributed by atoms with E-state index in [9.17, 15) is 4.79 Å². The van der Waals surface area contributed by atoms with Gasteiger partial charge < -0.3 is 15.5 Å². The molecule has 0 saturated carbocycles. The molecule has 1 unspecified atom stereocenters. The van der Waals surface area contributed by atoms with Crippen molar-refractivity contribution in [2.24, 2.45) is 0 Å². The molecule has 2 fully saturated rings. The number of hydrogen-bond acceptors (Lipinski definition) is 3. The average Bonchev–Trinajstić information content (AvgIpc) is 3.13. The van der Waals surface area contributed by atoms with Gasteiger partial charge in [-0.25, -0.2) is 0 Å².